The van der Waals surface area contributed by atoms with Gasteiger partial charge in [-0.3, -0.25) is 0 Å². The maximum Gasteiger partial charge on any atom is 0.243 e. The molecule has 1 N–H and O–H groups in total. The van der Waals surface area contributed by atoms with E-state index in [9.17, 15) is 12.8 Å². The highest BCUT2D eigenvalue weighted by atomic mass is 32.2. The SMILES string of the molecule is COc1cc(Nc2nc3c(s2)CN(S(=O)(=O)c2ccc(F)cc2)CC3)ccc1-n1cnc(C)c1. The number of imidazole rings is 1. The molecule has 0 amide bonds. The molecular weight excluding hydrogens is 477 g/mol. The molecule has 0 radical (unpaired) electrons. The number of methoxy groups -OCH3 is 1. The molecular formula is C23H22FN5O3S2. The number of sulfonamides is 1. The number of ether oxygens (including phenoxy) is 1. The first-order valence-corrected chi connectivity index (χ1v) is 12.8. The number of hydrogen-bond donors (Lipinski definition) is 1. The van der Waals surface area contributed by atoms with E-state index in [-0.39, 0.29) is 11.4 Å². The molecule has 0 bridgehead atoms. The van der Waals surface area contributed by atoms with Crippen LogP contribution >= 0.6 is 11.3 Å². The highest BCUT2D eigenvalue weighted by Gasteiger charge is 2.30. The molecule has 0 atom stereocenters. The summed E-state index contributed by atoms with van der Waals surface area (Å²) in [5, 5.41) is 3.98. The van der Waals surface area contributed by atoms with E-state index in [0.717, 1.165) is 39.8 Å². The van der Waals surface area contributed by atoms with Gasteiger partial charge in [0.1, 0.15) is 11.6 Å². The maximum atomic E-state index is 13.2. The third-order valence-electron chi connectivity index (χ3n) is 5.57. The minimum atomic E-state index is -3.71. The van der Waals surface area contributed by atoms with Gasteiger partial charge in [0, 0.05) is 35.8 Å². The first-order valence-electron chi connectivity index (χ1n) is 10.5. The number of nitrogens with one attached hydrogen (secondary N) is 1. The lowest BCUT2D eigenvalue weighted by molar-refractivity contribution is 0.393. The zero-order valence-electron chi connectivity index (χ0n) is 18.5. The summed E-state index contributed by atoms with van der Waals surface area (Å²) in [6.07, 6.45) is 4.17. The summed E-state index contributed by atoms with van der Waals surface area (Å²) < 4.78 is 48.1. The molecule has 0 saturated carbocycles. The average molecular weight is 500 g/mol. The van der Waals surface area contributed by atoms with E-state index < -0.39 is 15.8 Å². The highest BCUT2D eigenvalue weighted by Crippen LogP contribution is 2.34. The fourth-order valence-electron chi connectivity index (χ4n) is 3.83. The Morgan fingerprint density at radius 1 is 1.18 bits per heavy atom. The van der Waals surface area contributed by atoms with Gasteiger partial charge in [-0.2, -0.15) is 4.31 Å². The molecule has 0 aliphatic carbocycles. The van der Waals surface area contributed by atoms with Crippen LogP contribution in [-0.2, 0) is 23.0 Å². The lowest BCUT2D eigenvalue weighted by atomic mass is 10.2. The van der Waals surface area contributed by atoms with Crippen LogP contribution in [-0.4, -0.2) is 40.9 Å². The number of thiazole rings is 1. The molecule has 4 aromatic rings. The highest BCUT2D eigenvalue weighted by molar-refractivity contribution is 7.89. The Labute approximate surface area is 200 Å². The molecule has 2 aromatic carbocycles. The molecule has 11 heteroatoms. The van der Waals surface area contributed by atoms with Crippen molar-refractivity contribution in [3.63, 3.8) is 0 Å². The van der Waals surface area contributed by atoms with E-state index in [4.69, 9.17) is 4.74 Å². The number of fused-ring (bicyclic) bond motifs is 1. The molecule has 2 aromatic heterocycles. The zero-order valence-corrected chi connectivity index (χ0v) is 20.2. The third kappa shape index (κ3) is 4.29. The number of hydrogen-bond acceptors (Lipinski definition) is 7. The predicted molar refractivity (Wildman–Crippen MR) is 128 cm³/mol. The van der Waals surface area contributed by atoms with Crippen molar-refractivity contribution in [1.82, 2.24) is 18.8 Å². The van der Waals surface area contributed by atoms with Crippen molar-refractivity contribution in [2.75, 3.05) is 19.0 Å². The topological polar surface area (TPSA) is 89.4 Å². The molecule has 1 aliphatic rings. The normalized spacial score (nSPS) is 14.1. The summed E-state index contributed by atoms with van der Waals surface area (Å²) in [5.41, 5.74) is 3.47. The molecule has 1 aliphatic heterocycles. The maximum absolute atomic E-state index is 13.2. The summed E-state index contributed by atoms with van der Waals surface area (Å²) in [5.74, 6) is 0.211. The third-order valence-corrected chi connectivity index (χ3v) is 8.43. The van der Waals surface area contributed by atoms with Gasteiger partial charge in [-0.25, -0.2) is 22.8 Å². The van der Waals surface area contributed by atoms with Crippen LogP contribution in [0.1, 0.15) is 16.3 Å². The van der Waals surface area contributed by atoms with E-state index in [1.165, 1.54) is 27.8 Å². The van der Waals surface area contributed by atoms with Gasteiger partial charge in [0.05, 0.1) is 42.0 Å². The van der Waals surface area contributed by atoms with Crippen LogP contribution in [0.4, 0.5) is 15.2 Å². The second-order valence-corrected chi connectivity index (χ2v) is 10.9. The van der Waals surface area contributed by atoms with E-state index in [1.54, 1.807) is 13.4 Å². The Morgan fingerprint density at radius 2 is 1.97 bits per heavy atom. The first kappa shape index (κ1) is 22.5. The molecule has 0 unspecified atom stereocenters. The molecule has 8 nitrogen and oxygen atoms in total. The molecule has 176 valence electrons. The van der Waals surface area contributed by atoms with Crippen LogP contribution in [0.2, 0.25) is 0 Å². The van der Waals surface area contributed by atoms with Crippen molar-refractivity contribution in [2.24, 2.45) is 0 Å². The largest absolute Gasteiger partial charge is 0.494 e. The second-order valence-electron chi connectivity index (χ2n) is 7.87. The summed E-state index contributed by atoms with van der Waals surface area (Å²) in [7, 11) is -2.09. The van der Waals surface area contributed by atoms with Gasteiger partial charge in [-0.05, 0) is 43.3 Å². The monoisotopic (exact) mass is 499 g/mol. The number of aryl methyl sites for hydroxylation is 1. The smallest absolute Gasteiger partial charge is 0.243 e. The van der Waals surface area contributed by atoms with Crippen LogP contribution in [0, 0.1) is 12.7 Å². The first-order chi connectivity index (χ1) is 16.3. The number of rotatable bonds is 6. The number of nitrogens with zero attached hydrogens (tertiary/aromatic N) is 4. The molecule has 0 saturated heterocycles. The van der Waals surface area contributed by atoms with Crippen LogP contribution in [0.25, 0.3) is 5.69 Å². The van der Waals surface area contributed by atoms with Crippen LogP contribution in [0.15, 0.2) is 59.9 Å². The Balaban J connectivity index is 1.35. The minimum Gasteiger partial charge on any atom is -0.494 e. The van der Waals surface area contributed by atoms with Crippen molar-refractivity contribution >= 4 is 32.2 Å². The number of benzene rings is 2. The summed E-state index contributed by atoms with van der Waals surface area (Å²) in [4.78, 5) is 9.90. The summed E-state index contributed by atoms with van der Waals surface area (Å²) in [6.45, 7) is 2.48. The van der Waals surface area contributed by atoms with Gasteiger partial charge < -0.3 is 14.6 Å². The quantitative estimate of drug-likeness (QED) is 0.426. The molecule has 0 fully saturated rings. The Hall–Kier alpha value is -3.28. The minimum absolute atomic E-state index is 0.0838. The molecule has 34 heavy (non-hydrogen) atoms. The van der Waals surface area contributed by atoms with Crippen LogP contribution in [0.5, 0.6) is 5.75 Å². The summed E-state index contributed by atoms with van der Waals surface area (Å²) >= 11 is 1.42. The predicted octanol–water partition coefficient (Wildman–Crippen LogP) is 4.28. The molecule has 3 heterocycles. The summed E-state index contributed by atoms with van der Waals surface area (Å²) in [6, 6.07) is 10.7. The lowest BCUT2D eigenvalue weighted by Gasteiger charge is -2.25. The number of halogens is 1. The number of aromatic nitrogens is 3. The second kappa shape index (κ2) is 8.82. The van der Waals surface area contributed by atoms with Crippen molar-refractivity contribution in [2.45, 2.75) is 24.8 Å². The average Bonchev–Trinajstić information content (AvgIpc) is 3.44. The van der Waals surface area contributed by atoms with Crippen LogP contribution in [0.3, 0.4) is 0 Å². The van der Waals surface area contributed by atoms with Crippen molar-refractivity contribution in [3.05, 3.63) is 77.1 Å². The van der Waals surface area contributed by atoms with Crippen molar-refractivity contribution in [1.29, 1.82) is 0 Å². The van der Waals surface area contributed by atoms with Crippen molar-refractivity contribution in [3.8, 4) is 11.4 Å². The van der Waals surface area contributed by atoms with E-state index >= 15 is 0 Å². The molecule has 0 spiro atoms. The fourth-order valence-corrected chi connectivity index (χ4v) is 6.37. The van der Waals surface area contributed by atoms with E-state index in [2.05, 4.69) is 15.3 Å². The van der Waals surface area contributed by atoms with E-state index in [0.29, 0.717) is 23.8 Å². The Bertz CT molecular complexity index is 1450. The van der Waals surface area contributed by atoms with Gasteiger partial charge in [-0.1, -0.05) is 0 Å². The van der Waals surface area contributed by atoms with Gasteiger partial charge in [0.25, 0.3) is 0 Å². The van der Waals surface area contributed by atoms with E-state index in [1.807, 2.05) is 35.9 Å². The number of anilines is 2. The van der Waals surface area contributed by atoms with Crippen LogP contribution < -0.4 is 10.1 Å². The lowest BCUT2D eigenvalue weighted by Crippen LogP contribution is -2.35. The van der Waals surface area contributed by atoms with Gasteiger partial charge in [0.15, 0.2) is 5.13 Å². The fraction of sp³-hybridized carbons (Fsp3) is 0.217. The Kier molecular flexibility index (Phi) is 5.84. The standard InChI is InChI=1S/C23H22FN5O3S2/c1-15-12-28(14-25-15)20-8-5-17(11-21(20)32-2)26-23-27-19-9-10-29(13-22(19)33-23)34(30,31)18-6-3-16(24)4-7-18/h3-8,11-12,14H,9-10,13H2,1-2H3,(H,26,27). The molecule has 5 rings (SSSR count). The Morgan fingerprint density at radius 3 is 2.68 bits per heavy atom. The van der Waals surface area contributed by atoms with Gasteiger partial charge in [-0.15, -0.1) is 11.3 Å². The van der Waals surface area contributed by atoms with Crippen molar-refractivity contribution < 1.29 is 17.5 Å². The van der Waals surface area contributed by atoms with Gasteiger partial charge in [0.2, 0.25) is 10.0 Å². The van der Waals surface area contributed by atoms with Gasteiger partial charge >= 0.3 is 0 Å². The zero-order chi connectivity index (χ0) is 23.9.